The van der Waals surface area contributed by atoms with Gasteiger partial charge in [-0.1, -0.05) is 6.92 Å². The molecule has 0 saturated carbocycles. The first-order valence-corrected chi connectivity index (χ1v) is 4.17. The number of methoxy groups -OCH3 is 1. The summed E-state index contributed by atoms with van der Waals surface area (Å²) in [5.41, 5.74) is -1.76. The number of aliphatic hydroxyl groups excluding tert-OH is 1. The Labute approximate surface area is 81.0 Å². The number of allylic oxidation sites excluding steroid dienone is 1. The van der Waals surface area contributed by atoms with Gasteiger partial charge in [-0.15, -0.1) is 0 Å². The lowest BCUT2D eigenvalue weighted by atomic mass is 9.82. The third-order valence-corrected chi connectivity index (χ3v) is 2.47. The van der Waals surface area contributed by atoms with Gasteiger partial charge in [-0.3, -0.25) is 4.79 Å². The molecule has 0 aromatic rings. The Morgan fingerprint density at radius 3 is 2.71 bits per heavy atom. The van der Waals surface area contributed by atoms with Crippen molar-refractivity contribution < 1.29 is 24.5 Å². The van der Waals surface area contributed by atoms with E-state index in [-0.39, 0.29) is 12.2 Å². The lowest BCUT2D eigenvalue weighted by molar-refractivity contribution is -0.164. The number of rotatable bonds is 2. The van der Waals surface area contributed by atoms with E-state index in [0.29, 0.717) is 0 Å². The molecule has 2 unspecified atom stereocenters. The van der Waals surface area contributed by atoms with Crippen LogP contribution in [0.25, 0.3) is 0 Å². The second kappa shape index (κ2) is 3.42. The number of carbonyl (C=O) groups is 2. The molecule has 0 aromatic heterocycles. The molecule has 0 heterocycles. The fourth-order valence-electron chi connectivity index (χ4n) is 1.50. The number of carbonyl (C=O) groups excluding carboxylic acids is 1. The number of hydrogen-bond acceptors (Lipinski definition) is 4. The normalized spacial score (nSPS) is 32.6. The summed E-state index contributed by atoms with van der Waals surface area (Å²) in [7, 11) is 1.20. The van der Waals surface area contributed by atoms with E-state index >= 15 is 0 Å². The van der Waals surface area contributed by atoms with Crippen molar-refractivity contribution in [2.75, 3.05) is 7.11 Å². The van der Waals surface area contributed by atoms with E-state index in [2.05, 4.69) is 0 Å². The average molecular weight is 200 g/mol. The molecule has 0 aromatic carbocycles. The molecule has 5 nitrogen and oxygen atoms in total. The van der Waals surface area contributed by atoms with E-state index in [1.54, 1.807) is 6.92 Å². The Morgan fingerprint density at radius 1 is 1.71 bits per heavy atom. The second-order valence-corrected chi connectivity index (χ2v) is 3.37. The minimum Gasteiger partial charge on any atom is -0.508 e. The van der Waals surface area contributed by atoms with Crippen LogP contribution in [-0.4, -0.2) is 34.7 Å². The molecule has 1 aliphatic rings. The van der Waals surface area contributed by atoms with Crippen LogP contribution in [0, 0.1) is 5.92 Å². The molecule has 2 N–H and O–H groups in total. The molecule has 2 atom stereocenters. The Bertz CT molecular complexity index is 306. The molecule has 0 amide bonds. The number of carboxylic acids is 1. The molecular weight excluding hydrogens is 188 g/mol. The van der Waals surface area contributed by atoms with E-state index in [0.717, 1.165) is 6.08 Å². The Morgan fingerprint density at radius 2 is 2.29 bits per heavy atom. The van der Waals surface area contributed by atoms with Gasteiger partial charge in [0.25, 0.3) is 0 Å². The number of aliphatic carboxylic acids is 1. The van der Waals surface area contributed by atoms with Crippen molar-refractivity contribution in [3.05, 3.63) is 11.8 Å². The summed E-state index contributed by atoms with van der Waals surface area (Å²) in [6.07, 6.45) is 0.881. The highest BCUT2D eigenvalue weighted by molar-refractivity contribution is 5.96. The molecule has 0 radical (unpaired) electrons. The quantitative estimate of drug-likeness (QED) is 0.678. The number of ether oxygens (including phenoxy) is 1. The zero-order valence-electron chi connectivity index (χ0n) is 7.98. The molecule has 0 bridgehead atoms. The summed E-state index contributed by atoms with van der Waals surface area (Å²) in [4.78, 5) is 22.1. The average Bonchev–Trinajstić information content (AvgIpc) is 2.11. The van der Waals surface area contributed by atoms with Gasteiger partial charge in [0.1, 0.15) is 5.76 Å². The fourth-order valence-corrected chi connectivity index (χ4v) is 1.50. The van der Waals surface area contributed by atoms with Crippen LogP contribution in [0.3, 0.4) is 0 Å². The van der Waals surface area contributed by atoms with Crippen LogP contribution >= 0.6 is 0 Å². The Kier molecular flexibility index (Phi) is 2.62. The summed E-state index contributed by atoms with van der Waals surface area (Å²) in [5.74, 6) is -2.55. The zero-order valence-corrected chi connectivity index (χ0v) is 7.98. The van der Waals surface area contributed by atoms with Gasteiger partial charge < -0.3 is 14.9 Å². The monoisotopic (exact) mass is 200 g/mol. The van der Waals surface area contributed by atoms with E-state index in [1.807, 2.05) is 0 Å². The summed E-state index contributed by atoms with van der Waals surface area (Å²) in [5, 5.41) is 18.3. The highest BCUT2D eigenvalue weighted by Crippen LogP contribution is 2.32. The van der Waals surface area contributed by atoms with Gasteiger partial charge in [-0.2, -0.15) is 0 Å². The lowest BCUT2D eigenvalue weighted by Gasteiger charge is -2.32. The molecule has 0 saturated heterocycles. The van der Waals surface area contributed by atoms with Crippen molar-refractivity contribution in [1.82, 2.24) is 0 Å². The van der Waals surface area contributed by atoms with E-state index in [1.165, 1.54) is 7.11 Å². The van der Waals surface area contributed by atoms with Crippen molar-refractivity contribution in [1.29, 1.82) is 0 Å². The van der Waals surface area contributed by atoms with Crippen LogP contribution in [0.2, 0.25) is 0 Å². The SMILES string of the molecule is COC1(C(=O)O)CC(C)C(=O)C=C1O. The third kappa shape index (κ3) is 1.39. The smallest absolute Gasteiger partial charge is 0.343 e. The van der Waals surface area contributed by atoms with Gasteiger partial charge in [0.05, 0.1) is 0 Å². The van der Waals surface area contributed by atoms with Gasteiger partial charge in [0.15, 0.2) is 5.78 Å². The highest BCUT2D eigenvalue weighted by atomic mass is 16.5. The van der Waals surface area contributed by atoms with Crippen molar-refractivity contribution in [3.63, 3.8) is 0 Å². The van der Waals surface area contributed by atoms with Crippen LogP contribution in [0.5, 0.6) is 0 Å². The van der Waals surface area contributed by atoms with Gasteiger partial charge in [0.2, 0.25) is 5.60 Å². The van der Waals surface area contributed by atoms with Gasteiger partial charge in [0, 0.05) is 25.5 Å². The van der Waals surface area contributed by atoms with Crippen LogP contribution in [0.4, 0.5) is 0 Å². The summed E-state index contributed by atoms with van der Waals surface area (Å²) in [6, 6.07) is 0. The molecule has 0 fully saturated rings. The minimum atomic E-state index is -1.76. The van der Waals surface area contributed by atoms with Gasteiger partial charge >= 0.3 is 5.97 Å². The topological polar surface area (TPSA) is 83.8 Å². The largest absolute Gasteiger partial charge is 0.508 e. The molecule has 5 heteroatoms. The summed E-state index contributed by atoms with van der Waals surface area (Å²) >= 11 is 0. The number of aliphatic hydroxyl groups is 1. The first-order valence-electron chi connectivity index (χ1n) is 4.17. The maximum atomic E-state index is 11.1. The fraction of sp³-hybridized carbons (Fsp3) is 0.556. The van der Waals surface area contributed by atoms with Crippen molar-refractivity contribution in [2.45, 2.75) is 18.9 Å². The van der Waals surface area contributed by atoms with E-state index < -0.39 is 23.2 Å². The predicted molar refractivity (Wildman–Crippen MR) is 46.9 cm³/mol. The zero-order chi connectivity index (χ0) is 10.9. The molecule has 1 aliphatic carbocycles. The van der Waals surface area contributed by atoms with Crippen LogP contribution < -0.4 is 0 Å². The summed E-state index contributed by atoms with van der Waals surface area (Å²) < 4.78 is 4.80. The van der Waals surface area contributed by atoms with Gasteiger partial charge in [-0.05, 0) is 0 Å². The summed E-state index contributed by atoms with van der Waals surface area (Å²) in [6.45, 7) is 1.60. The molecule has 0 spiro atoms. The van der Waals surface area contributed by atoms with Crippen molar-refractivity contribution in [3.8, 4) is 0 Å². The van der Waals surface area contributed by atoms with Crippen molar-refractivity contribution >= 4 is 11.8 Å². The first-order chi connectivity index (χ1) is 6.44. The second-order valence-electron chi connectivity index (χ2n) is 3.37. The molecular formula is C9H12O5. The maximum Gasteiger partial charge on any atom is 0.343 e. The van der Waals surface area contributed by atoms with Crippen molar-refractivity contribution in [2.24, 2.45) is 5.92 Å². The van der Waals surface area contributed by atoms with Crippen LogP contribution in [0.1, 0.15) is 13.3 Å². The third-order valence-electron chi connectivity index (χ3n) is 2.47. The standard InChI is InChI=1S/C9H12O5/c1-5-4-9(14-2,8(12)13)7(11)3-6(5)10/h3,5,11H,4H2,1-2H3,(H,12,13). The number of hydrogen-bond donors (Lipinski definition) is 2. The number of carboxylic acid groups (broad SMARTS) is 1. The van der Waals surface area contributed by atoms with Crippen LogP contribution in [-0.2, 0) is 14.3 Å². The predicted octanol–water partition coefficient (Wildman–Crippen LogP) is 0.507. The molecule has 0 aliphatic heterocycles. The van der Waals surface area contributed by atoms with E-state index in [9.17, 15) is 14.7 Å². The maximum absolute atomic E-state index is 11.1. The van der Waals surface area contributed by atoms with E-state index in [4.69, 9.17) is 9.84 Å². The Hall–Kier alpha value is -1.36. The van der Waals surface area contributed by atoms with Crippen LogP contribution in [0.15, 0.2) is 11.8 Å². The van der Waals surface area contributed by atoms with Gasteiger partial charge in [-0.25, -0.2) is 4.79 Å². The molecule has 14 heavy (non-hydrogen) atoms. The molecule has 78 valence electrons. The highest BCUT2D eigenvalue weighted by Gasteiger charge is 2.48. The molecule has 1 rings (SSSR count). The minimum absolute atomic E-state index is 0.0417. The lowest BCUT2D eigenvalue weighted by Crippen LogP contribution is -2.47. The first kappa shape index (κ1) is 10.7. The number of ketones is 1. The Balaban J connectivity index is 3.16.